The molecule has 0 aliphatic rings. The molecule has 3 heteroatoms. The number of halogens is 2. The fraction of sp³-hybridized carbons (Fsp3) is 0.0625. The van der Waals surface area contributed by atoms with E-state index in [4.69, 9.17) is 0 Å². The third-order valence-corrected chi connectivity index (χ3v) is 2.93. The molecule has 0 aliphatic heterocycles. The maximum Gasteiger partial charge on any atom is 3.00 e. The van der Waals surface area contributed by atoms with E-state index >= 15 is 0 Å². The van der Waals surface area contributed by atoms with Crippen LogP contribution in [-0.4, -0.2) is 0 Å². The Balaban J connectivity index is 0.00000108. The Labute approximate surface area is 130 Å². The summed E-state index contributed by atoms with van der Waals surface area (Å²) >= 11 is 0. The van der Waals surface area contributed by atoms with E-state index in [1.165, 1.54) is 21.9 Å². The van der Waals surface area contributed by atoms with Crippen molar-refractivity contribution in [3.63, 3.8) is 0 Å². The van der Waals surface area contributed by atoms with Gasteiger partial charge in [-0.25, -0.2) is 0 Å². The Hall–Kier alpha value is -1.21. The molecule has 0 amide bonds. The Morgan fingerprint density at radius 3 is 2.11 bits per heavy atom. The van der Waals surface area contributed by atoms with Gasteiger partial charge in [-0.05, 0) is 12.0 Å². The maximum absolute atomic E-state index is 2.28. The summed E-state index contributed by atoms with van der Waals surface area (Å²) in [6.45, 7) is 0. The molecular formula is C16H13F2Zr. The minimum Gasteiger partial charge on any atom is -1.00 e. The quantitative estimate of drug-likeness (QED) is 0.483. The number of fused-ring (bicyclic) bond motifs is 1. The molecule has 1 radical (unpaired) electrons. The smallest absolute Gasteiger partial charge is 1.00 e. The summed E-state index contributed by atoms with van der Waals surface area (Å²) < 4.78 is 0. The van der Waals surface area contributed by atoms with E-state index in [1.807, 2.05) is 0 Å². The molecule has 0 saturated heterocycles. The standard InChI is InChI=1S/C16H13.2FH.Zr/c1-2-6-13(7-3-1)10-14-11-15-8-4-5-9-16(15)12-14;;;/h1-9,11-12H,10H2;2*1H;/q-1;;;+3/p-2. The predicted molar refractivity (Wildman–Crippen MR) is 68.8 cm³/mol. The average molecular weight is 335 g/mol. The average Bonchev–Trinajstić information content (AvgIpc) is 2.72. The van der Waals surface area contributed by atoms with Gasteiger partial charge in [0.05, 0.1) is 0 Å². The molecule has 0 atom stereocenters. The first-order chi connectivity index (χ1) is 7.92. The molecule has 0 spiro atoms. The summed E-state index contributed by atoms with van der Waals surface area (Å²) in [6, 6.07) is 23.7. The molecule has 3 aromatic rings. The van der Waals surface area contributed by atoms with Crippen molar-refractivity contribution in [2.45, 2.75) is 6.42 Å². The molecule has 0 saturated carbocycles. The van der Waals surface area contributed by atoms with E-state index < -0.39 is 0 Å². The Kier molecular flexibility index (Phi) is 7.55. The zero-order valence-electron chi connectivity index (χ0n) is 10.3. The van der Waals surface area contributed by atoms with Crippen LogP contribution >= 0.6 is 0 Å². The van der Waals surface area contributed by atoms with Gasteiger partial charge in [-0.2, -0.15) is 6.07 Å². The molecule has 0 fully saturated rings. The van der Waals surface area contributed by atoms with Crippen LogP contribution in [0.15, 0.2) is 66.7 Å². The predicted octanol–water partition coefficient (Wildman–Crippen LogP) is -1.84. The van der Waals surface area contributed by atoms with E-state index in [9.17, 15) is 0 Å². The van der Waals surface area contributed by atoms with Crippen molar-refractivity contribution in [3.05, 3.63) is 77.9 Å². The first-order valence-corrected chi connectivity index (χ1v) is 5.60. The van der Waals surface area contributed by atoms with Gasteiger partial charge in [0, 0.05) is 0 Å². The first-order valence-electron chi connectivity index (χ1n) is 5.60. The van der Waals surface area contributed by atoms with Gasteiger partial charge in [0.15, 0.2) is 0 Å². The SMILES string of the molecule is [F-].[F-].[Zr+3].c1ccc(Cc2cc3ccccc3[cH-]2)cc1. The van der Waals surface area contributed by atoms with E-state index in [0.29, 0.717) is 0 Å². The van der Waals surface area contributed by atoms with Gasteiger partial charge >= 0.3 is 26.2 Å². The van der Waals surface area contributed by atoms with Crippen molar-refractivity contribution < 1.29 is 35.6 Å². The molecule has 0 aromatic heterocycles. The Morgan fingerprint density at radius 2 is 1.42 bits per heavy atom. The van der Waals surface area contributed by atoms with Gasteiger partial charge in [0.25, 0.3) is 0 Å². The molecule has 0 unspecified atom stereocenters. The van der Waals surface area contributed by atoms with Gasteiger partial charge in [-0.1, -0.05) is 36.4 Å². The number of rotatable bonds is 2. The van der Waals surface area contributed by atoms with Crippen LogP contribution in [0.2, 0.25) is 0 Å². The molecule has 3 rings (SSSR count). The molecule has 95 valence electrons. The van der Waals surface area contributed by atoms with Crippen molar-refractivity contribution in [3.8, 4) is 0 Å². The zero-order chi connectivity index (χ0) is 10.8. The molecule has 19 heavy (non-hydrogen) atoms. The van der Waals surface area contributed by atoms with Crippen LogP contribution in [0.4, 0.5) is 0 Å². The Bertz CT molecular complexity index is 569. The third-order valence-electron chi connectivity index (χ3n) is 2.93. The topological polar surface area (TPSA) is 0 Å². The molecule has 0 heterocycles. The van der Waals surface area contributed by atoms with Crippen LogP contribution in [-0.2, 0) is 32.6 Å². The number of hydrogen-bond acceptors (Lipinski definition) is 0. The van der Waals surface area contributed by atoms with Crippen LogP contribution in [0.3, 0.4) is 0 Å². The molecule has 3 aromatic carbocycles. The molecule has 0 bridgehead atoms. The van der Waals surface area contributed by atoms with Crippen LogP contribution in [0.25, 0.3) is 10.8 Å². The fourth-order valence-corrected chi connectivity index (χ4v) is 2.15. The minimum absolute atomic E-state index is 0. The monoisotopic (exact) mass is 333 g/mol. The second-order valence-electron chi connectivity index (χ2n) is 4.15. The maximum atomic E-state index is 2.28. The van der Waals surface area contributed by atoms with Crippen LogP contribution in [0.5, 0.6) is 0 Å². The summed E-state index contributed by atoms with van der Waals surface area (Å²) in [5, 5.41) is 2.68. The molecular weight excluding hydrogens is 321 g/mol. The summed E-state index contributed by atoms with van der Waals surface area (Å²) in [7, 11) is 0. The third kappa shape index (κ3) is 4.14. The normalized spacial score (nSPS) is 9.05. The van der Waals surface area contributed by atoms with Crippen molar-refractivity contribution in [1.82, 2.24) is 0 Å². The van der Waals surface area contributed by atoms with Crippen LogP contribution < -0.4 is 9.41 Å². The van der Waals surface area contributed by atoms with E-state index in [2.05, 4.69) is 66.7 Å². The van der Waals surface area contributed by atoms with Gasteiger partial charge < -0.3 is 9.41 Å². The van der Waals surface area contributed by atoms with E-state index in [0.717, 1.165) is 6.42 Å². The Morgan fingerprint density at radius 1 is 0.789 bits per heavy atom. The largest absolute Gasteiger partial charge is 3.00 e. The first kappa shape index (κ1) is 17.8. The molecule has 0 aliphatic carbocycles. The molecule has 0 N–H and O–H groups in total. The fourth-order valence-electron chi connectivity index (χ4n) is 2.15. The van der Waals surface area contributed by atoms with Gasteiger partial charge in [-0.3, -0.25) is 0 Å². The van der Waals surface area contributed by atoms with Crippen LogP contribution in [0.1, 0.15) is 11.1 Å². The summed E-state index contributed by atoms with van der Waals surface area (Å²) in [5.74, 6) is 0. The van der Waals surface area contributed by atoms with Gasteiger partial charge in [-0.15, -0.1) is 40.6 Å². The second kappa shape index (κ2) is 8.06. The van der Waals surface area contributed by atoms with E-state index in [1.54, 1.807) is 0 Å². The van der Waals surface area contributed by atoms with Crippen molar-refractivity contribution in [2.24, 2.45) is 0 Å². The van der Waals surface area contributed by atoms with Crippen molar-refractivity contribution >= 4 is 10.8 Å². The van der Waals surface area contributed by atoms with Crippen molar-refractivity contribution in [2.75, 3.05) is 0 Å². The summed E-state index contributed by atoms with van der Waals surface area (Å²) in [4.78, 5) is 0. The minimum atomic E-state index is 0. The summed E-state index contributed by atoms with van der Waals surface area (Å²) in [5.41, 5.74) is 2.77. The van der Waals surface area contributed by atoms with Gasteiger partial charge in [0.1, 0.15) is 0 Å². The summed E-state index contributed by atoms with van der Waals surface area (Å²) in [6.07, 6.45) is 1.02. The van der Waals surface area contributed by atoms with Gasteiger partial charge in [0.2, 0.25) is 0 Å². The van der Waals surface area contributed by atoms with Crippen LogP contribution in [0, 0.1) is 0 Å². The van der Waals surface area contributed by atoms with Crippen molar-refractivity contribution in [1.29, 1.82) is 0 Å². The number of benzene rings is 2. The number of hydrogen-bond donors (Lipinski definition) is 0. The zero-order valence-corrected chi connectivity index (χ0v) is 12.8. The molecule has 0 nitrogen and oxygen atoms in total. The van der Waals surface area contributed by atoms with E-state index in [-0.39, 0.29) is 35.6 Å². The second-order valence-corrected chi connectivity index (χ2v) is 4.15.